The topological polar surface area (TPSA) is 78.1 Å². The van der Waals surface area contributed by atoms with E-state index in [0.717, 1.165) is 12.0 Å². The van der Waals surface area contributed by atoms with Gasteiger partial charge in [0.15, 0.2) is 5.82 Å². The highest BCUT2D eigenvalue weighted by molar-refractivity contribution is 5.83. The first-order valence-corrected chi connectivity index (χ1v) is 7.14. The first-order chi connectivity index (χ1) is 10.2. The van der Waals surface area contributed by atoms with Gasteiger partial charge in [0.25, 0.3) is 0 Å². The first kappa shape index (κ1) is 13.7. The molecule has 0 aliphatic heterocycles. The molecule has 0 amide bonds. The van der Waals surface area contributed by atoms with Crippen LogP contribution in [0.3, 0.4) is 0 Å². The lowest BCUT2D eigenvalue weighted by molar-refractivity contribution is -0.155. The molecule has 2 aromatic heterocycles. The van der Waals surface area contributed by atoms with Crippen molar-refractivity contribution in [2.75, 3.05) is 6.61 Å². The van der Waals surface area contributed by atoms with Crippen molar-refractivity contribution >= 4 is 5.97 Å². The van der Waals surface area contributed by atoms with Crippen LogP contribution in [-0.2, 0) is 21.4 Å². The van der Waals surface area contributed by atoms with Gasteiger partial charge in [0.1, 0.15) is 5.41 Å². The second-order valence-electron chi connectivity index (χ2n) is 5.20. The smallest absolute Gasteiger partial charge is 0.321 e. The molecule has 0 N–H and O–H groups in total. The summed E-state index contributed by atoms with van der Waals surface area (Å²) >= 11 is 0. The molecule has 2 aromatic rings. The summed E-state index contributed by atoms with van der Waals surface area (Å²) in [5, 5.41) is 3.99. The Balaban J connectivity index is 1.79. The minimum absolute atomic E-state index is 0.254. The number of aromatic nitrogens is 3. The molecule has 2 heterocycles. The van der Waals surface area contributed by atoms with E-state index in [1.807, 2.05) is 12.1 Å². The Morgan fingerprint density at radius 1 is 1.38 bits per heavy atom. The SMILES string of the molecule is CCOC(=O)C1(c2nc(Cc3ccncc3)no2)CCC1. The Morgan fingerprint density at radius 3 is 2.76 bits per heavy atom. The van der Waals surface area contributed by atoms with Gasteiger partial charge in [0.05, 0.1) is 6.61 Å². The second-order valence-corrected chi connectivity index (χ2v) is 5.20. The van der Waals surface area contributed by atoms with Crippen molar-refractivity contribution in [2.24, 2.45) is 0 Å². The Bertz CT molecular complexity index is 620. The molecule has 0 atom stereocenters. The Hall–Kier alpha value is -2.24. The molecule has 6 nitrogen and oxygen atoms in total. The number of hydrogen-bond donors (Lipinski definition) is 0. The maximum absolute atomic E-state index is 12.2. The van der Waals surface area contributed by atoms with Gasteiger partial charge in [-0.1, -0.05) is 11.6 Å². The highest BCUT2D eigenvalue weighted by Gasteiger charge is 2.51. The highest BCUT2D eigenvalue weighted by atomic mass is 16.5. The molecule has 0 aromatic carbocycles. The molecule has 1 aliphatic rings. The van der Waals surface area contributed by atoms with Crippen molar-refractivity contribution in [1.82, 2.24) is 15.1 Å². The molecule has 0 radical (unpaired) electrons. The fourth-order valence-corrected chi connectivity index (χ4v) is 2.51. The van der Waals surface area contributed by atoms with Crippen LogP contribution in [0.1, 0.15) is 43.5 Å². The van der Waals surface area contributed by atoms with E-state index >= 15 is 0 Å². The third-order valence-corrected chi connectivity index (χ3v) is 3.86. The average Bonchev–Trinajstić information content (AvgIpc) is 2.88. The van der Waals surface area contributed by atoms with E-state index in [0.29, 0.717) is 37.6 Å². The van der Waals surface area contributed by atoms with Gasteiger partial charge in [0, 0.05) is 18.8 Å². The molecule has 21 heavy (non-hydrogen) atoms. The van der Waals surface area contributed by atoms with Crippen molar-refractivity contribution in [3.05, 3.63) is 41.8 Å². The van der Waals surface area contributed by atoms with E-state index in [-0.39, 0.29) is 5.97 Å². The first-order valence-electron chi connectivity index (χ1n) is 7.14. The largest absolute Gasteiger partial charge is 0.465 e. The zero-order valence-electron chi connectivity index (χ0n) is 11.9. The lowest BCUT2D eigenvalue weighted by atomic mass is 9.68. The number of carbonyl (C=O) groups excluding carboxylic acids is 1. The zero-order valence-corrected chi connectivity index (χ0v) is 11.9. The van der Waals surface area contributed by atoms with Crippen LogP contribution in [0, 0.1) is 0 Å². The summed E-state index contributed by atoms with van der Waals surface area (Å²) in [6.07, 6.45) is 6.40. The predicted molar refractivity (Wildman–Crippen MR) is 73.5 cm³/mol. The fraction of sp³-hybridized carbons (Fsp3) is 0.467. The highest BCUT2D eigenvalue weighted by Crippen LogP contribution is 2.44. The lowest BCUT2D eigenvalue weighted by Gasteiger charge is -2.35. The quantitative estimate of drug-likeness (QED) is 0.783. The zero-order chi connectivity index (χ0) is 14.7. The van der Waals surface area contributed by atoms with E-state index in [2.05, 4.69) is 15.1 Å². The Morgan fingerprint density at radius 2 is 2.14 bits per heavy atom. The molecule has 0 saturated heterocycles. The molecular weight excluding hydrogens is 270 g/mol. The number of rotatable bonds is 5. The van der Waals surface area contributed by atoms with Crippen molar-refractivity contribution < 1.29 is 14.1 Å². The average molecular weight is 287 g/mol. The molecule has 3 rings (SSSR count). The van der Waals surface area contributed by atoms with Crippen LogP contribution in [0.5, 0.6) is 0 Å². The van der Waals surface area contributed by atoms with Gasteiger partial charge in [0.2, 0.25) is 5.89 Å². The normalized spacial score (nSPS) is 16.2. The summed E-state index contributed by atoms with van der Waals surface area (Å²) in [6, 6.07) is 3.81. The number of esters is 1. The molecule has 0 unspecified atom stereocenters. The van der Waals surface area contributed by atoms with Crippen molar-refractivity contribution in [2.45, 2.75) is 38.0 Å². The lowest BCUT2D eigenvalue weighted by Crippen LogP contribution is -2.44. The molecule has 110 valence electrons. The monoisotopic (exact) mass is 287 g/mol. The standard InChI is InChI=1S/C15H17N3O3/c1-2-20-14(19)15(6-3-7-15)13-17-12(18-21-13)10-11-4-8-16-9-5-11/h4-5,8-9H,2-3,6-7,10H2,1H3. The number of carbonyl (C=O) groups is 1. The van der Waals surface area contributed by atoms with Crippen LogP contribution >= 0.6 is 0 Å². The minimum atomic E-state index is -0.723. The maximum atomic E-state index is 12.2. The van der Waals surface area contributed by atoms with Gasteiger partial charge in [-0.15, -0.1) is 0 Å². The summed E-state index contributed by atoms with van der Waals surface area (Å²) in [5.74, 6) is 0.707. The van der Waals surface area contributed by atoms with Crippen molar-refractivity contribution in [3.8, 4) is 0 Å². The Labute approximate surface area is 122 Å². The van der Waals surface area contributed by atoms with Gasteiger partial charge in [-0.3, -0.25) is 9.78 Å². The fourth-order valence-electron chi connectivity index (χ4n) is 2.51. The van der Waals surface area contributed by atoms with Crippen LogP contribution in [0.2, 0.25) is 0 Å². The third kappa shape index (κ3) is 2.53. The summed E-state index contributed by atoms with van der Waals surface area (Å²) < 4.78 is 10.5. The third-order valence-electron chi connectivity index (χ3n) is 3.86. The second kappa shape index (κ2) is 5.63. The summed E-state index contributed by atoms with van der Waals surface area (Å²) in [7, 11) is 0. The number of pyridine rings is 1. The maximum Gasteiger partial charge on any atom is 0.321 e. The van der Waals surface area contributed by atoms with Gasteiger partial charge >= 0.3 is 5.97 Å². The molecule has 1 fully saturated rings. The molecular formula is C15H17N3O3. The van der Waals surface area contributed by atoms with E-state index in [1.165, 1.54) is 0 Å². The molecule has 0 spiro atoms. The number of ether oxygens (including phenoxy) is 1. The van der Waals surface area contributed by atoms with E-state index in [4.69, 9.17) is 9.26 Å². The van der Waals surface area contributed by atoms with Gasteiger partial charge in [-0.05, 0) is 37.5 Å². The van der Waals surface area contributed by atoms with Crippen molar-refractivity contribution in [1.29, 1.82) is 0 Å². The van der Waals surface area contributed by atoms with Crippen LogP contribution in [0.4, 0.5) is 0 Å². The predicted octanol–water partition coefficient (Wildman–Crippen LogP) is 2.04. The van der Waals surface area contributed by atoms with E-state index < -0.39 is 5.41 Å². The summed E-state index contributed by atoms with van der Waals surface area (Å²) in [5.41, 5.74) is 0.329. The van der Waals surface area contributed by atoms with E-state index in [1.54, 1.807) is 19.3 Å². The summed E-state index contributed by atoms with van der Waals surface area (Å²) in [6.45, 7) is 2.16. The van der Waals surface area contributed by atoms with Gasteiger partial charge in [-0.2, -0.15) is 4.98 Å². The number of nitrogens with zero attached hydrogens (tertiary/aromatic N) is 3. The van der Waals surface area contributed by atoms with E-state index in [9.17, 15) is 4.79 Å². The van der Waals surface area contributed by atoms with Crippen LogP contribution in [0.15, 0.2) is 29.0 Å². The molecule has 0 bridgehead atoms. The minimum Gasteiger partial charge on any atom is -0.465 e. The molecule has 1 saturated carbocycles. The molecule has 6 heteroatoms. The van der Waals surface area contributed by atoms with Crippen LogP contribution < -0.4 is 0 Å². The van der Waals surface area contributed by atoms with Crippen molar-refractivity contribution in [3.63, 3.8) is 0 Å². The summed E-state index contributed by atoms with van der Waals surface area (Å²) in [4.78, 5) is 20.5. The van der Waals surface area contributed by atoms with Gasteiger partial charge in [-0.25, -0.2) is 0 Å². The Kier molecular flexibility index (Phi) is 3.68. The van der Waals surface area contributed by atoms with Crippen LogP contribution in [-0.4, -0.2) is 27.7 Å². The number of hydrogen-bond acceptors (Lipinski definition) is 6. The molecule has 1 aliphatic carbocycles. The van der Waals surface area contributed by atoms with Crippen LogP contribution in [0.25, 0.3) is 0 Å². The van der Waals surface area contributed by atoms with Gasteiger partial charge < -0.3 is 9.26 Å².